The number of carbonyl (C=O) groups is 1. The lowest BCUT2D eigenvalue weighted by molar-refractivity contribution is 0.0953. The average Bonchev–Trinajstić information content (AvgIpc) is 3.18. The van der Waals surface area contributed by atoms with Gasteiger partial charge in [-0.2, -0.15) is 0 Å². The van der Waals surface area contributed by atoms with E-state index in [1.807, 2.05) is 0 Å². The third-order valence-corrected chi connectivity index (χ3v) is 7.41. The van der Waals surface area contributed by atoms with Crippen LogP contribution in [0.3, 0.4) is 0 Å². The van der Waals surface area contributed by atoms with Gasteiger partial charge in [0.25, 0.3) is 5.91 Å². The van der Waals surface area contributed by atoms with Gasteiger partial charge in [0.2, 0.25) is 0 Å². The molecule has 134 valence electrons. The Kier molecular flexibility index (Phi) is 5.49. The minimum absolute atomic E-state index is 0.0829. The number of nitrogens with one attached hydrogen (secondary N) is 1. The highest BCUT2D eigenvalue weighted by atomic mass is 32.2. The zero-order chi connectivity index (χ0) is 18.6. The first-order chi connectivity index (χ1) is 12.5. The Hall–Kier alpha value is -2.51. The highest BCUT2D eigenvalue weighted by Crippen LogP contribution is 2.31. The van der Waals surface area contributed by atoms with Gasteiger partial charge < -0.3 is 5.32 Å². The molecule has 4 nitrogen and oxygen atoms in total. The molecule has 0 saturated heterocycles. The Bertz CT molecular complexity index is 969. The summed E-state index contributed by atoms with van der Waals surface area (Å²) in [6.07, 6.45) is 0. The molecule has 3 rings (SSSR count). The molecular weight excluding hydrogens is 373 g/mol. The van der Waals surface area contributed by atoms with Crippen LogP contribution in [-0.2, 0) is 9.84 Å². The third kappa shape index (κ3) is 4.00. The van der Waals surface area contributed by atoms with Gasteiger partial charge >= 0.3 is 0 Å². The number of sulfone groups is 1. The summed E-state index contributed by atoms with van der Waals surface area (Å²) in [5.41, 5.74) is 0.868. The normalized spacial score (nSPS) is 12.5. The fraction of sp³-hybridized carbons (Fsp3) is 0.105. The van der Waals surface area contributed by atoms with E-state index in [4.69, 9.17) is 0 Å². The van der Waals surface area contributed by atoms with E-state index >= 15 is 0 Å². The summed E-state index contributed by atoms with van der Waals surface area (Å²) in [5, 5.41) is 3.44. The largest absolute Gasteiger partial charge is 0.350 e. The summed E-state index contributed by atoms with van der Waals surface area (Å²) in [6, 6.07) is 17.1. The first-order valence-electron chi connectivity index (χ1n) is 7.84. The molecule has 0 saturated carbocycles. The molecule has 0 bridgehead atoms. The van der Waals surface area contributed by atoms with Crippen molar-refractivity contribution in [2.45, 2.75) is 9.46 Å². The molecule has 1 unspecified atom stereocenters. The highest BCUT2D eigenvalue weighted by Gasteiger charge is 2.30. The molecule has 0 spiro atoms. The molecule has 1 atom stereocenters. The van der Waals surface area contributed by atoms with Crippen LogP contribution in [0.25, 0.3) is 0 Å². The van der Waals surface area contributed by atoms with E-state index in [2.05, 4.69) is 5.32 Å². The number of benzene rings is 2. The number of halogens is 1. The predicted octanol–water partition coefficient (Wildman–Crippen LogP) is 3.83. The van der Waals surface area contributed by atoms with Crippen molar-refractivity contribution >= 4 is 27.1 Å². The molecule has 0 aliphatic heterocycles. The Morgan fingerprint density at radius 3 is 2.31 bits per heavy atom. The van der Waals surface area contributed by atoms with Crippen molar-refractivity contribution in [1.82, 2.24) is 5.32 Å². The number of carbonyl (C=O) groups excluding carboxylic acids is 1. The zero-order valence-electron chi connectivity index (χ0n) is 13.6. The van der Waals surface area contributed by atoms with E-state index in [0.29, 0.717) is 5.56 Å². The predicted molar refractivity (Wildman–Crippen MR) is 99.4 cm³/mol. The lowest BCUT2D eigenvalue weighted by Crippen LogP contribution is -2.31. The lowest BCUT2D eigenvalue weighted by Gasteiger charge is -2.18. The molecule has 1 aromatic heterocycles. The molecule has 0 fully saturated rings. The van der Waals surface area contributed by atoms with Crippen molar-refractivity contribution < 1.29 is 17.6 Å². The van der Waals surface area contributed by atoms with Crippen LogP contribution in [0.5, 0.6) is 0 Å². The summed E-state index contributed by atoms with van der Waals surface area (Å²) in [7, 11) is -3.65. The maximum Gasteiger partial charge on any atom is 0.251 e. The first kappa shape index (κ1) is 18.3. The fourth-order valence-electron chi connectivity index (χ4n) is 2.53. The van der Waals surface area contributed by atoms with Crippen molar-refractivity contribution in [3.8, 4) is 0 Å². The standard InChI is InChI=1S/C19H16FNO3S2/c20-16-10-8-15(9-11-16)19(22)21-13-17(14-5-2-1-3-6-14)26(23,24)18-7-4-12-25-18/h1-12,17H,13H2,(H,21,22). The molecular formula is C19H16FNO3S2. The van der Waals surface area contributed by atoms with Crippen LogP contribution in [0.2, 0.25) is 0 Å². The molecule has 1 N–H and O–H groups in total. The van der Waals surface area contributed by atoms with Gasteiger partial charge in [0.15, 0.2) is 9.84 Å². The van der Waals surface area contributed by atoms with Crippen molar-refractivity contribution in [1.29, 1.82) is 0 Å². The van der Waals surface area contributed by atoms with E-state index in [9.17, 15) is 17.6 Å². The Balaban J connectivity index is 1.85. The quantitative estimate of drug-likeness (QED) is 0.697. The van der Waals surface area contributed by atoms with E-state index in [1.54, 1.807) is 47.8 Å². The number of amides is 1. The van der Waals surface area contributed by atoms with Crippen LogP contribution in [-0.4, -0.2) is 20.9 Å². The van der Waals surface area contributed by atoms with Crippen molar-refractivity contribution in [2.24, 2.45) is 0 Å². The summed E-state index contributed by atoms with van der Waals surface area (Å²) < 4.78 is 39.2. The van der Waals surface area contributed by atoms with Gasteiger partial charge in [-0.15, -0.1) is 11.3 Å². The molecule has 1 amide bonds. The number of thiophene rings is 1. The zero-order valence-corrected chi connectivity index (χ0v) is 15.3. The van der Waals surface area contributed by atoms with E-state index in [0.717, 1.165) is 11.3 Å². The maximum atomic E-state index is 13.0. The molecule has 0 aliphatic rings. The van der Waals surface area contributed by atoms with E-state index in [-0.39, 0.29) is 16.3 Å². The monoisotopic (exact) mass is 389 g/mol. The maximum absolute atomic E-state index is 13.0. The fourth-order valence-corrected chi connectivity index (χ4v) is 5.40. The van der Waals surface area contributed by atoms with Gasteiger partial charge in [-0.3, -0.25) is 4.79 Å². The minimum Gasteiger partial charge on any atom is -0.350 e. The van der Waals surface area contributed by atoms with Gasteiger partial charge in [0.1, 0.15) is 15.3 Å². The van der Waals surface area contributed by atoms with Crippen LogP contribution >= 0.6 is 11.3 Å². The van der Waals surface area contributed by atoms with Crippen LogP contribution in [0.4, 0.5) is 4.39 Å². The van der Waals surface area contributed by atoms with Gasteiger partial charge in [-0.05, 0) is 41.3 Å². The molecule has 0 radical (unpaired) electrons. The first-order valence-corrected chi connectivity index (χ1v) is 10.3. The SMILES string of the molecule is O=C(NCC(c1ccccc1)S(=O)(=O)c1cccs1)c1ccc(F)cc1. The molecule has 1 heterocycles. The van der Waals surface area contributed by atoms with Crippen LogP contribution in [0, 0.1) is 5.82 Å². The van der Waals surface area contributed by atoms with Gasteiger partial charge in [-0.1, -0.05) is 36.4 Å². The van der Waals surface area contributed by atoms with Gasteiger partial charge in [0, 0.05) is 12.1 Å². The van der Waals surface area contributed by atoms with Crippen LogP contribution in [0.1, 0.15) is 21.2 Å². The Morgan fingerprint density at radius 2 is 1.69 bits per heavy atom. The van der Waals surface area contributed by atoms with Crippen LogP contribution in [0.15, 0.2) is 76.3 Å². The summed E-state index contributed by atoms with van der Waals surface area (Å²) >= 11 is 1.14. The highest BCUT2D eigenvalue weighted by molar-refractivity contribution is 7.93. The topological polar surface area (TPSA) is 63.2 Å². The van der Waals surface area contributed by atoms with Gasteiger partial charge in [0.05, 0.1) is 0 Å². The molecule has 0 aliphatic carbocycles. The second-order valence-electron chi connectivity index (χ2n) is 5.59. The van der Waals surface area contributed by atoms with Crippen molar-refractivity contribution in [3.63, 3.8) is 0 Å². The second-order valence-corrected chi connectivity index (χ2v) is 8.90. The van der Waals surface area contributed by atoms with E-state index in [1.165, 1.54) is 24.3 Å². The van der Waals surface area contributed by atoms with Crippen LogP contribution < -0.4 is 5.32 Å². The number of hydrogen-bond acceptors (Lipinski definition) is 4. The summed E-state index contributed by atoms with van der Waals surface area (Å²) in [6.45, 7) is -0.0829. The molecule has 3 aromatic rings. The summed E-state index contributed by atoms with van der Waals surface area (Å²) in [5.74, 6) is -0.892. The third-order valence-electron chi connectivity index (χ3n) is 3.88. The second kappa shape index (κ2) is 7.80. The minimum atomic E-state index is -3.65. The molecule has 7 heteroatoms. The lowest BCUT2D eigenvalue weighted by atomic mass is 10.1. The van der Waals surface area contributed by atoms with Crippen molar-refractivity contribution in [3.05, 3.63) is 89.1 Å². The average molecular weight is 389 g/mol. The molecule has 26 heavy (non-hydrogen) atoms. The number of rotatable bonds is 6. The molecule has 2 aromatic carbocycles. The Labute approximate surface area is 155 Å². The van der Waals surface area contributed by atoms with E-state index < -0.39 is 26.8 Å². The smallest absolute Gasteiger partial charge is 0.251 e. The number of hydrogen-bond donors (Lipinski definition) is 1. The summed E-state index contributed by atoms with van der Waals surface area (Å²) in [4.78, 5) is 12.3. The van der Waals surface area contributed by atoms with Crippen molar-refractivity contribution in [2.75, 3.05) is 6.54 Å². The Morgan fingerprint density at radius 1 is 1.00 bits per heavy atom. The van der Waals surface area contributed by atoms with Gasteiger partial charge in [-0.25, -0.2) is 12.8 Å².